The average molecular weight is 625 g/mol. The molecular weight excluding hydrogens is 584 g/mol. The monoisotopic (exact) mass is 624 g/mol. The number of hydrogen-bond donors (Lipinski definition) is 4. The van der Waals surface area contributed by atoms with Crippen LogP contribution in [0.1, 0.15) is 48.9 Å². The van der Waals surface area contributed by atoms with Gasteiger partial charge in [0.05, 0.1) is 12.0 Å². The SMILES string of the molecule is COc1cc(C)c(S(=O)(=O)NC(N)=NCCCC(NC(=O)OC(C)(C)c2ccc(-c3ccccc3)cc2)C(=O)O)c(C)c1C. The summed E-state index contributed by atoms with van der Waals surface area (Å²) in [6.07, 6.45) is -0.675. The number of hydrogen-bond acceptors (Lipinski definition) is 7. The molecule has 0 fully saturated rings. The second-order valence-electron chi connectivity index (χ2n) is 10.9. The molecule has 0 aliphatic rings. The first kappa shape index (κ1) is 33.9. The topological polar surface area (TPSA) is 169 Å². The summed E-state index contributed by atoms with van der Waals surface area (Å²) in [6, 6.07) is 17.8. The lowest BCUT2D eigenvalue weighted by Gasteiger charge is -2.27. The molecule has 0 aliphatic carbocycles. The van der Waals surface area contributed by atoms with Crippen LogP contribution in [0.3, 0.4) is 0 Å². The van der Waals surface area contributed by atoms with Gasteiger partial charge >= 0.3 is 12.1 Å². The van der Waals surface area contributed by atoms with Gasteiger partial charge in [0.2, 0.25) is 5.96 Å². The number of nitrogens with two attached hydrogens (primary N) is 1. The fourth-order valence-electron chi connectivity index (χ4n) is 4.78. The number of nitrogens with zero attached hydrogens (tertiary/aromatic N) is 1. The Morgan fingerprint density at radius 2 is 1.61 bits per heavy atom. The van der Waals surface area contributed by atoms with Gasteiger partial charge in [-0.1, -0.05) is 54.6 Å². The van der Waals surface area contributed by atoms with Crippen LogP contribution in [0.4, 0.5) is 4.79 Å². The van der Waals surface area contributed by atoms with Gasteiger partial charge in [0.15, 0.2) is 0 Å². The fourth-order valence-corrected chi connectivity index (χ4v) is 6.26. The number of amides is 1. The quantitative estimate of drug-likeness (QED) is 0.127. The molecule has 0 aromatic heterocycles. The Hall–Kier alpha value is -4.58. The number of carbonyl (C=O) groups excluding carboxylic acids is 1. The Morgan fingerprint density at radius 1 is 1.00 bits per heavy atom. The van der Waals surface area contributed by atoms with Crippen molar-refractivity contribution < 1.29 is 32.6 Å². The van der Waals surface area contributed by atoms with Crippen molar-refractivity contribution in [3.05, 3.63) is 82.9 Å². The van der Waals surface area contributed by atoms with Crippen molar-refractivity contribution in [2.75, 3.05) is 13.7 Å². The van der Waals surface area contributed by atoms with Crippen LogP contribution < -0.4 is 20.5 Å². The van der Waals surface area contributed by atoms with Gasteiger partial charge < -0.3 is 25.6 Å². The Morgan fingerprint density at radius 3 is 2.20 bits per heavy atom. The molecule has 0 bridgehead atoms. The summed E-state index contributed by atoms with van der Waals surface area (Å²) in [4.78, 5) is 28.6. The van der Waals surface area contributed by atoms with E-state index in [0.29, 0.717) is 22.4 Å². The first-order valence-corrected chi connectivity index (χ1v) is 15.5. The summed E-state index contributed by atoms with van der Waals surface area (Å²) in [6.45, 7) is 8.55. The maximum atomic E-state index is 13.0. The van der Waals surface area contributed by atoms with E-state index >= 15 is 0 Å². The van der Waals surface area contributed by atoms with Crippen molar-refractivity contribution in [1.82, 2.24) is 10.0 Å². The van der Waals surface area contributed by atoms with E-state index in [1.165, 1.54) is 7.11 Å². The van der Waals surface area contributed by atoms with E-state index in [1.807, 2.05) is 54.6 Å². The van der Waals surface area contributed by atoms with Crippen LogP contribution in [-0.4, -0.2) is 51.2 Å². The van der Waals surface area contributed by atoms with Gasteiger partial charge in [-0.3, -0.25) is 4.99 Å². The number of aryl methyl sites for hydroxylation is 1. The van der Waals surface area contributed by atoms with E-state index in [4.69, 9.17) is 15.2 Å². The third-order valence-corrected chi connectivity index (χ3v) is 8.91. The minimum Gasteiger partial charge on any atom is -0.496 e. The smallest absolute Gasteiger partial charge is 0.408 e. The molecule has 0 saturated heterocycles. The third-order valence-electron chi connectivity index (χ3n) is 7.26. The normalized spacial score (nSPS) is 12.7. The first-order chi connectivity index (χ1) is 20.7. The second kappa shape index (κ2) is 14.3. The van der Waals surface area contributed by atoms with Crippen molar-refractivity contribution >= 4 is 28.0 Å². The van der Waals surface area contributed by atoms with Crippen molar-refractivity contribution in [1.29, 1.82) is 0 Å². The average Bonchev–Trinajstić information content (AvgIpc) is 2.96. The van der Waals surface area contributed by atoms with Crippen LogP contribution >= 0.6 is 0 Å². The van der Waals surface area contributed by atoms with Gasteiger partial charge in [-0.05, 0) is 86.9 Å². The minimum atomic E-state index is -4.04. The third kappa shape index (κ3) is 8.50. The first-order valence-electron chi connectivity index (χ1n) is 14.0. The highest BCUT2D eigenvalue weighted by Crippen LogP contribution is 2.30. The zero-order chi connectivity index (χ0) is 32.7. The second-order valence-corrected chi connectivity index (χ2v) is 12.5. The number of rotatable bonds is 12. The number of benzene rings is 3. The summed E-state index contributed by atoms with van der Waals surface area (Å²) < 4.78 is 39.2. The Labute approximate surface area is 258 Å². The van der Waals surface area contributed by atoms with Crippen LogP contribution in [0.5, 0.6) is 5.75 Å². The van der Waals surface area contributed by atoms with Gasteiger partial charge in [-0.2, -0.15) is 0 Å². The van der Waals surface area contributed by atoms with E-state index < -0.39 is 33.7 Å². The van der Waals surface area contributed by atoms with E-state index in [1.54, 1.807) is 40.7 Å². The van der Waals surface area contributed by atoms with Crippen molar-refractivity contribution in [3.8, 4) is 16.9 Å². The molecule has 0 heterocycles. The number of methoxy groups -OCH3 is 1. The van der Waals surface area contributed by atoms with Crippen molar-refractivity contribution in [2.24, 2.45) is 10.7 Å². The number of sulfonamides is 1. The van der Waals surface area contributed by atoms with Gasteiger partial charge in [0.25, 0.3) is 10.0 Å². The van der Waals surface area contributed by atoms with E-state index in [9.17, 15) is 23.1 Å². The highest BCUT2D eigenvalue weighted by molar-refractivity contribution is 7.90. The zero-order valence-corrected chi connectivity index (χ0v) is 26.6. The molecule has 236 valence electrons. The molecule has 3 aromatic rings. The maximum absolute atomic E-state index is 13.0. The summed E-state index contributed by atoms with van der Waals surface area (Å²) in [5.41, 5.74) is 9.32. The summed E-state index contributed by atoms with van der Waals surface area (Å²) in [5.74, 6) is -1.01. The predicted molar refractivity (Wildman–Crippen MR) is 169 cm³/mol. The molecule has 0 spiro atoms. The summed E-state index contributed by atoms with van der Waals surface area (Å²) in [7, 11) is -2.52. The predicted octanol–water partition coefficient (Wildman–Crippen LogP) is 4.78. The minimum absolute atomic E-state index is 0.00998. The standard InChI is InChI=1S/C32H40N4O7S/c1-20-19-27(42-6)21(2)22(3)28(20)44(40,41)36-30(33)34-18-10-13-26(29(37)38)35-31(39)43-32(4,5)25-16-14-24(15-17-25)23-11-8-7-9-12-23/h7-9,11-12,14-17,19,26H,10,13,18H2,1-6H3,(H,35,39)(H,37,38)(H3,33,34,36). The molecule has 0 saturated carbocycles. The molecule has 11 nitrogen and oxygen atoms in total. The molecule has 44 heavy (non-hydrogen) atoms. The van der Waals surface area contributed by atoms with Crippen LogP contribution in [0.25, 0.3) is 11.1 Å². The molecule has 0 radical (unpaired) electrons. The molecule has 12 heteroatoms. The number of guanidine groups is 1. The van der Waals surface area contributed by atoms with Gasteiger partial charge in [0, 0.05) is 6.54 Å². The number of ether oxygens (including phenoxy) is 2. The molecule has 0 aliphatic heterocycles. The number of aliphatic imine (C=N–C) groups is 1. The van der Waals surface area contributed by atoms with Crippen LogP contribution in [-0.2, 0) is 25.2 Å². The van der Waals surface area contributed by atoms with Gasteiger partial charge in [-0.15, -0.1) is 0 Å². The molecule has 3 rings (SSSR count). The lowest BCUT2D eigenvalue weighted by atomic mass is 9.95. The van der Waals surface area contributed by atoms with E-state index in [-0.39, 0.29) is 30.2 Å². The number of nitrogens with one attached hydrogen (secondary N) is 2. The Kier molecular flexibility index (Phi) is 11.0. The number of carbonyl (C=O) groups is 2. The largest absolute Gasteiger partial charge is 0.496 e. The molecule has 1 atom stereocenters. The molecular formula is C32H40N4O7S. The van der Waals surface area contributed by atoms with Crippen LogP contribution in [0.2, 0.25) is 0 Å². The lowest BCUT2D eigenvalue weighted by molar-refractivity contribution is -0.139. The van der Waals surface area contributed by atoms with Crippen LogP contribution in [0, 0.1) is 20.8 Å². The number of carboxylic acids is 1. The summed E-state index contributed by atoms with van der Waals surface area (Å²) in [5, 5.41) is 12.0. The maximum Gasteiger partial charge on any atom is 0.408 e. The highest BCUT2D eigenvalue weighted by Gasteiger charge is 2.28. The van der Waals surface area contributed by atoms with Gasteiger partial charge in [0.1, 0.15) is 17.4 Å². The fraction of sp³-hybridized carbons (Fsp3) is 0.344. The molecule has 1 amide bonds. The summed E-state index contributed by atoms with van der Waals surface area (Å²) >= 11 is 0. The number of carboxylic acid groups (broad SMARTS) is 1. The number of alkyl carbamates (subject to hydrolysis) is 1. The number of aliphatic carboxylic acids is 1. The Balaban J connectivity index is 1.56. The van der Waals surface area contributed by atoms with E-state index in [2.05, 4.69) is 15.0 Å². The molecule has 3 aromatic carbocycles. The lowest BCUT2D eigenvalue weighted by Crippen LogP contribution is -2.43. The molecule has 5 N–H and O–H groups in total. The van der Waals surface area contributed by atoms with Crippen molar-refractivity contribution in [2.45, 2.75) is 64.0 Å². The van der Waals surface area contributed by atoms with Crippen LogP contribution in [0.15, 0.2) is 70.6 Å². The Bertz CT molecular complexity index is 1620. The van der Waals surface area contributed by atoms with Crippen molar-refractivity contribution in [3.63, 3.8) is 0 Å². The highest BCUT2D eigenvalue weighted by atomic mass is 32.2. The zero-order valence-electron chi connectivity index (χ0n) is 25.8. The van der Waals surface area contributed by atoms with E-state index in [0.717, 1.165) is 16.7 Å². The molecule has 1 unspecified atom stereocenters. The van der Waals surface area contributed by atoms with Gasteiger partial charge in [-0.25, -0.2) is 22.7 Å².